The summed E-state index contributed by atoms with van der Waals surface area (Å²) in [6, 6.07) is 0. The molecule has 2 N–H and O–H groups in total. The predicted octanol–water partition coefficient (Wildman–Crippen LogP) is 1.85. The highest BCUT2D eigenvalue weighted by molar-refractivity contribution is 5.92. The van der Waals surface area contributed by atoms with Crippen molar-refractivity contribution in [2.45, 2.75) is 90.3 Å². The summed E-state index contributed by atoms with van der Waals surface area (Å²) < 4.78 is 11.1. The third-order valence-electron chi connectivity index (χ3n) is 5.85. The fourth-order valence-electron chi connectivity index (χ4n) is 3.48. The van der Waals surface area contributed by atoms with Gasteiger partial charge in [-0.3, -0.25) is 9.59 Å². The Bertz CT molecular complexity index is 504. The lowest BCUT2D eigenvalue weighted by Gasteiger charge is -2.30. The molecular formula is C19H32O6. The molecular weight excluding hydrogens is 324 g/mol. The van der Waals surface area contributed by atoms with Gasteiger partial charge < -0.3 is 19.7 Å². The van der Waals surface area contributed by atoms with E-state index < -0.39 is 35.8 Å². The molecule has 25 heavy (non-hydrogen) atoms. The minimum Gasteiger partial charge on any atom is -0.462 e. The van der Waals surface area contributed by atoms with Gasteiger partial charge in [0.05, 0.1) is 30.7 Å². The molecule has 0 amide bonds. The average molecular weight is 356 g/mol. The van der Waals surface area contributed by atoms with E-state index in [1.54, 1.807) is 13.8 Å². The lowest BCUT2D eigenvalue weighted by molar-refractivity contribution is -0.159. The Balaban J connectivity index is 1.98. The van der Waals surface area contributed by atoms with Gasteiger partial charge in [0.15, 0.2) is 11.4 Å². The molecule has 0 aliphatic carbocycles. The molecule has 7 atom stereocenters. The topological polar surface area (TPSA) is 96.4 Å². The van der Waals surface area contributed by atoms with Gasteiger partial charge in [-0.1, -0.05) is 27.7 Å². The molecule has 2 rings (SSSR count). The van der Waals surface area contributed by atoms with Gasteiger partial charge in [-0.2, -0.15) is 0 Å². The minimum atomic E-state index is -0.908. The molecule has 0 bridgehead atoms. The van der Waals surface area contributed by atoms with Crippen molar-refractivity contribution in [2.24, 2.45) is 17.8 Å². The van der Waals surface area contributed by atoms with Crippen molar-refractivity contribution in [3.8, 4) is 0 Å². The fraction of sp³-hybridized carbons (Fsp3) is 0.895. The summed E-state index contributed by atoms with van der Waals surface area (Å²) >= 11 is 0. The van der Waals surface area contributed by atoms with Gasteiger partial charge in [-0.05, 0) is 31.6 Å². The second-order valence-electron chi connectivity index (χ2n) is 8.27. The zero-order valence-corrected chi connectivity index (χ0v) is 15.9. The third kappa shape index (κ3) is 4.60. The standard InChI is InChI=1S/C19H32O6/c1-10(2)13(20)8-16-19(5,25-16)18(23)12(4)15-7-6-11(3)14(21)9-17(22)24-15/h10-16,20-21H,6-9H2,1-5H3/t11-,12-,13-,14+,15-,16+,19-/m1/s1. The highest BCUT2D eigenvalue weighted by Crippen LogP contribution is 2.43. The van der Waals surface area contributed by atoms with Gasteiger partial charge in [0.1, 0.15) is 6.10 Å². The molecule has 6 heteroatoms. The van der Waals surface area contributed by atoms with Crippen LogP contribution in [0.4, 0.5) is 0 Å². The van der Waals surface area contributed by atoms with Crippen molar-refractivity contribution in [3.63, 3.8) is 0 Å². The third-order valence-corrected chi connectivity index (χ3v) is 5.85. The summed E-state index contributed by atoms with van der Waals surface area (Å²) in [6.07, 6.45) is -0.329. The fourth-order valence-corrected chi connectivity index (χ4v) is 3.48. The second kappa shape index (κ2) is 7.72. The number of hydrogen-bond donors (Lipinski definition) is 2. The van der Waals surface area contributed by atoms with Gasteiger partial charge in [0.2, 0.25) is 0 Å². The van der Waals surface area contributed by atoms with E-state index in [-0.39, 0.29) is 30.1 Å². The first kappa shape index (κ1) is 20.3. The van der Waals surface area contributed by atoms with Crippen LogP contribution in [0.3, 0.4) is 0 Å². The van der Waals surface area contributed by atoms with Crippen molar-refractivity contribution in [2.75, 3.05) is 0 Å². The summed E-state index contributed by atoms with van der Waals surface area (Å²) in [7, 11) is 0. The van der Waals surface area contributed by atoms with Gasteiger partial charge in [-0.25, -0.2) is 0 Å². The molecule has 0 saturated carbocycles. The molecule has 2 aliphatic heterocycles. The average Bonchev–Trinajstić information content (AvgIpc) is 3.19. The summed E-state index contributed by atoms with van der Waals surface area (Å²) in [5, 5.41) is 19.9. The number of Topliss-reactive ketones (excluding diaryl/α,β-unsaturated/α-hetero) is 1. The molecule has 0 spiro atoms. The Morgan fingerprint density at radius 1 is 1.32 bits per heavy atom. The maximum absolute atomic E-state index is 12.9. The molecule has 0 aromatic heterocycles. The summed E-state index contributed by atoms with van der Waals surface area (Å²) in [4.78, 5) is 24.8. The largest absolute Gasteiger partial charge is 0.462 e. The molecule has 2 aliphatic rings. The maximum Gasteiger partial charge on any atom is 0.308 e. The summed E-state index contributed by atoms with van der Waals surface area (Å²) in [6.45, 7) is 9.28. The van der Waals surface area contributed by atoms with Crippen molar-refractivity contribution in [3.05, 3.63) is 0 Å². The second-order valence-corrected chi connectivity index (χ2v) is 8.27. The van der Waals surface area contributed by atoms with Crippen LogP contribution in [0, 0.1) is 17.8 Å². The minimum absolute atomic E-state index is 0.000601. The van der Waals surface area contributed by atoms with Crippen LogP contribution in [-0.4, -0.2) is 52.0 Å². The van der Waals surface area contributed by atoms with Crippen LogP contribution in [-0.2, 0) is 19.1 Å². The number of ketones is 1. The molecule has 144 valence electrons. The first-order chi connectivity index (χ1) is 11.6. The molecule has 2 heterocycles. The number of aliphatic hydroxyl groups excluding tert-OH is 2. The van der Waals surface area contributed by atoms with Gasteiger partial charge in [0, 0.05) is 6.42 Å². The highest BCUT2D eigenvalue weighted by Gasteiger charge is 2.60. The van der Waals surface area contributed by atoms with E-state index in [9.17, 15) is 19.8 Å². The molecule has 6 nitrogen and oxygen atoms in total. The van der Waals surface area contributed by atoms with E-state index in [0.29, 0.717) is 19.3 Å². The van der Waals surface area contributed by atoms with Crippen LogP contribution < -0.4 is 0 Å². The molecule has 0 aromatic rings. The molecule has 0 radical (unpaired) electrons. The van der Waals surface area contributed by atoms with Crippen molar-refractivity contribution in [1.29, 1.82) is 0 Å². The Labute approximate surface area is 149 Å². The first-order valence-corrected chi connectivity index (χ1v) is 9.34. The highest BCUT2D eigenvalue weighted by atomic mass is 16.6. The van der Waals surface area contributed by atoms with Gasteiger partial charge >= 0.3 is 5.97 Å². The lowest BCUT2D eigenvalue weighted by atomic mass is 9.83. The van der Waals surface area contributed by atoms with Crippen LogP contribution >= 0.6 is 0 Å². The van der Waals surface area contributed by atoms with Crippen molar-refractivity contribution < 1.29 is 29.3 Å². The number of rotatable bonds is 6. The predicted molar refractivity (Wildman–Crippen MR) is 91.8 cm³/mol. The van der Waals surface area contributed by atoms with Crippen LogP contribution in [0.15, 0.2) is 0 Å². The van der Waals surface area contributed by atoms with E-state index in [0.717, 1.165) is 0 Å². The monoisotopic (exact) mass is 356 g/mol. The van der Waals surface area contributed by atoms with Crippen LogP contribution in [0.1, 0.15) is 60.3 Å². The SMILES string of the molecule is CC(C)[C@H](O)C[C@@H]1O[C@@]1(C)C(=O)[C@H](C)[C@H]1CC[C@@H](C)[C@@H](O)CC(=O)O1. The van der Waals surface area contributed by atoms with E-state index in [1.807, 2.05) is 20.8 Å². The summed E-state index contributed by atoms with van der Waals surface area (Å²) in [5.41, 5.74) is -0.908. The number of cyclic esters (lactones) is 1. The van der Waals surface area contributed by atoms with E-state index in [4.69, 9.17) is 9.47 Å². The quantitative estimate of drug-likeness (QED) is 0.557. The number of ether oxygens (including phenoxy) is 2. The number of esters is 1. The zero-order chi connectivity index (χ0) is 18.9. The molecule has 0 unspecified atom stereocenters. The van der Waals surface area contributed by atoms with Crippen LogP contribution in [0.5, 0.6) is 0 Å². The van der Waals surface area contributed by atoms with Gasteiger partial charge in [0.25, 0.3) is 0 Å². The molecule has 2 fully saturated rings. The lowest BCUT2D eigenvalue weighted by Crippen LogP contribution is -2.41. The number of hydrogen-bond acceptors (Lipinski definition) is 6. The number of aliphatic hydroxyl groups is 2. The van der Waals surface area contributed by atoms with Crippen LogP contribution in [0.2, 0.25) is 0 Å². The van der Waals surface area contributed by atoms with E-state index in [1.165, 1.54) is 0 Å². The normalized spacial score (nSPS) is 38.5. The number of carbonyl (C=O) groups excluding carboxylic acids is 2. The Hall–Kier alpha value is -0.980. The van der Waals surface area contributed by atoms with Crippen molar-refractivity contribution >= 4 is 11.8 Å². The van der Waals surface area contributed by atoms with E-state index in [2.05, 4.69) is 0 Å². The molecule has 2 saturated heterocycles. The number of carbonyl (C=O) groups is 2. The smallest absolute Gasteiger partial charge is 0.308 e. The Kier molecular flexibility index (Phi) is 6.28. The molecule has 0 aromatic carbocycles. The first-order valence-electron chi connectivity index (χ1n) is 9.34. The Morgan fingerprint density at radius 3 is 2.56 bits per heavy atom. The van der Waals surface area contributed by atoms with E-state index >= 15 is 0 Å². The zero-order valence-electron chi connectivity index (χ0n) is 15.9. The Morgan fingerprint density at radius 2 is 1.96 bits per heavy atom. The van der Waals surface area contributed by atoms with Crippen LogP contribution in [0.25, 0.3) is 0 Å². The maximum atomic E-state index is 12.9. The summed E-state index contributed by atoms with van der Waals surface area (Å²) in [5.74, 6) is -0.908. The van der Waals surface area contributed by atoms with Crippen molar-refractivity contribution in [1.82, 2.24) is 0 Å². The number of epoxide rings is 1. The van der Waals surface area contributed by atoms with Gasteiger partial charge in [-0.15, -0.1) is 0 Å².